The number of likely N-dealkylation sites (tertiary alicyclic amines) is 1. The smallest absolute Gasteiger partial charge is 0.231 e. The van der Waals surface area contributed by atoms with Gasteiger partial charge in [0.05, 0.1) is 4.90 Å². The molecule has 2 fully saturated rings. The summed E-state index contributed by atoms with van der Waals surface area (Å²) >= 11 is 0. The Morgan fingerprint density at radius 1 is 0.912 bits per heavy atom. The van der Waals surface area contributed by atoms with Crippen molar-refractivity contribution in [2.24, 2.45) is 11.8 Å². The minimum atomic E-state index is -3.65. The second-order valence-corrected chi connectivity index (χ2v) is 11.2. The van der Waals surface area contributed by atoms with Crippen LogP contribution in [0, 0.1) is 11.8 Å². The number of anilines is 1. The predicted molar refractivity (Wildman–Crippen MR) is 125 cm³/mol. The molecule has 0 radical (unpaired) electrons. The van der Waals surface area contributed by atoms with E-state index in [0.29, 0.717) is 30.5 Å². The molecule has 0 amide bonds. The van der Waals surface area contributed by atoms with E-state index in [1.807, 2.05) is 6.07 Å². The molecule has 2 aliphatic heterocycles. The van der Waals surface area contributed by atoms with Crippen LogP contribution in [0.2, 0.25) is 0 Å². The fourth-order valence-electron chi connectivity index (χ4n) is 5.41. The molecule has 34 heavy (non-hydrogen) atoms. The summed E-state index contributed by atoms with van der Waals surface area (Å²) in [4.78, 5) is 2.74. The molecule has 1 aliphatic carbocycles. The Morgan fingerprint density at radius 3 is 2.41 bits per heavy atom. The summed E-state index contributed by atoms with van der Waals surface area (Å²) in [5.74, 6) is 3.58. The first-order valence-electron chi connectivity index (χ1n) is 11.6. The SMILES string of the molecule is O=S(=O)(c1ccccc1)c1ccc(N[C@@H]2CC3CN(Cc4ccc5c(c4)OCO5)C[C@H]3C2)nn1. The molecule has 0 bridgehead atoms. The maximum Gasteiger partial charge on any atom is 0.231 e. The highest BCUT2D eigenvalue weighted by Gasteiger charge is 2.41. The maximum atomic E-state index is 12.7. The molecule has 1 saturated heterocycles. The lowest BCUT2D eigenvalue weighted by atomic mass is 10.0. The summed E-state index contributed by atoms with van der Waals surface area (Å²) < 4.78 is 36.3. The molecule has 3 aromatic rings. The average Bonchev–Trinajstić information content (AvgIpc) is 3.55. The topological polar surface area (TPSA) is 93.7 Å². The van der Waals surface area contributed by atoms with Crippen LogP contribution in [-0.4, -0.2) is 49.4 Å². The lowest BCUT2D eigenvalue weighted by Crippen LogP contribution is -2.25. The first-order valence-corrected chi connectivity index (χ1v) is 13.0. The second-order valence-electron chi connectivity index (χ2n) is 9.29. The lowest BCUT2D eigenvalue weighted by molar-refractivity contribution is 0.174. The van der Waals surface area contributed by atoms with Gasteiger partial charge >= 0.3 is 0 Å². The maximum absolute atomic E-state index is 12.7. The molecule has 2 aromatic carbocycles. The van der Waals surface area contributed by atoms with Gasteiger partial charge in [-0.1, -0.05) is 24.3 Å². The molecular weight excluding hydrogens is 452 g/mol. The number of fused-ring (bicyclic) bond motifs is 2. The first kappa shape index (κ1) is 21.4. The van der Waals surface area contributed by atoms with Crippen molar-refractivity contribution >= 4 is 15.7 Å². The van der Waals surface area contributed by atoms with E-state index in [4.69, 9.17) is 9.47 Å². The van der Waals surface area contributed by atoms with Crippen molar-refractivity contribution in [2.45, 2.75) is 35.3 Å². The van der Waals surface area contributed by atoms with Gasteiger partial charge in [0, 0.05) is 25.7 Å². The summed E-state index contributed by atoms with van der Waals surface area (Å²) in [7, 11) is -3.65. The number of benzene rings is 2. The van der Waals surface area contributed by atoms with E-state index in [0.717, 1.165) is 44.0 Å². The molecular formula is C25H26N4O4S. The Labute approximate surface area is 198 Å². The van der Waals surface area contributed by atoms with Gasteiger partial charge in [-0.3, -0.25) is 4.90 Å². The minimum Gasteiger partial charge on any atom is -0.454 e. The van der Waals surface area contributed by atoms with Crippen molar-refractivity contribution in [3.05, 3.63) is 66.2 Å². The quantitative estimate of drug-likeness (QED) is 0.577. The monoisotopic (exact) mass is 478 g/mol. The molecule has 0 spiro atoms. The van der Waals surface area contributed by atoms with E-state index in [2.05, 4.69) is 32.5 Å². The Morgan fingerprint density at radius 2 is 1.68 bits per heavy atom. The van der Waals surface area contributed by atoms with Crippen LogP contribution in [0.4, 0.5) is 5.82 Å². The Balaban J connectivity index is 1.04. The zero-order valence-corrected chi connectivity index (χ0v) is 19.4. The van der Waals surface area contributed by atoms with Gasteiger partial charge in [-0.15, -0.1) is 10.2 Å². The highest BCUT2D eigenvalue weighted by atomic mass is 32.2. The number of rotatable bonds is 6. The van der Waals surface area contributed by atoms with Gasteiger partial charge in [0.25, 0.3) is 0 Å². The van der Waals surface area contributed by atoms with Gasteiger partial charge in [0.15, 0.2) is 16.5 Å². The molecule has 1 saturated carbocycles. The minimum absolute atomic E-state index is 0.0355. The van der Waals surface area contributed by atoms with Crippen LogP contribution in [0.1, 0.15) is 18.4 Å². The number of sulfone groups is 1. The largest absolute Gasteiger partial charge is 0.454 e. The molecule has 176 valence electrons. The van der Waals surface area contributed by atoms with Crippen LogP contribution < -0.4 is 14.8 Å². The van der Waals surface area contributed by atoms with E-state index in [-0.39, 0.29) is 9.92 Å². The number of hydrogen-bond donors (Lipinski definition) is 1. The van der Waals surface area contributed by atoms with E-state index >= 15 is 0 Å². The Bertz CT molecular complexity index is 1270. The number of nitrogens with one attached hydrogen (secondary N) is 1. The van der Waals surface area contributed by atoms with Crippen molar-refractivity contribution in [2.75, 3.05) is 25.2 Å². The molecule has 9 heteroatoms. The summed E-state index contributed by atoms with van der Waals surface area (Å²) in [6.07, 6.45) is 2.15. The summed E-state index contributed by atoms with van der Waals surface area (Å²) in [6, 6.07) is 18.1. The second kappa shape index (κ2) is 8.56. The molecule has 3 aliphatic rings. The summed E-state index contributed by atoms with van der Waals surface area (Å²) in [5.41, 5.74) is 1.25. The zero-order chi connectivity index (χ0) is 23.1. The first-order chi connectivity index (χ1) is 16.5. The van der Waals surface area contributed by atoms with Gasteiger partial charge in [-0.2, -0.15) is 0 Å². The van der Waals surface area contributed by atoms with Crippen molar-refractivity contribution in [3.8, 4) is 11.5 Å². The van der Waals surface area contributed by atoms with Crippen LogP contribution in [0.3, 0.4) is 0 Å². The molecule has 3 atom stereocenters. The predicted octanol–water partition coefficient (Wildman–Crippen LogP) is 3.36. The number of ether oxygens (including phenoxy) is 2. The Kier molecular flexibility index (Phi) is 5.38. The number of aromatic nitrogens is 2. The van der Waals surface area contributed by atoms with E-state index in [9.17, 15) is 8.42 Å². The Hall–Kier alpha value is -3.17. The third-order valence-electron chi connectivity index (χ3n) is 6.99. The fourth-order valence-corrected chi connectivity index (χ4v) is 6.56. The highest BCUT2D eigenvalue weighted by Crippen LogP contribution is 2.40. The van der Waals surface area contributed by atoms with Crippen LogP contribution in [0.5, 0.6) is 11.5 Å². The molecule has 1 aromatic heterocycles. The highest BCUT2D eigenvalue weighted by molar-refractivity contribution is 7.91. The summed E-state index contributed by atoms with van der Waals surface area (Å²) in [5, 5.41) is 11.6. The molecule has 3 heterocycles. The normalized spacial score (nSPS) is 23.7. The number of nitrogens with zero attached hydrogens (tertiary/aromatic N) is 3. The molecule has 1 unspecified atom stereocenters. The van der Waals surface area contributed by atoms with Gasteiger partial charge in [0.2, 0.25) is 16.6 Å². The van der Waals surface area contributed by atoms with Gasteiger partial charge < -0.3 is 14.8 Å². The van der Waals surface area contributed by atoms with E-state index < -0.39 is 9.84 Å². The van der Waals surface area contributed by atoms with Gasteiger partial charge in [0.1, 0.15) is 5.82 Å². The van der Waals surface area contributed by atoms with Crippen LogP contribution in [-0.2, 0) is 16.4 Å². The standard InChI is InChI=1S/C25H26N4O4S/c30-34(31,21-4-2-1-3-5-21)25-9-8-24(27-28-25)26-20-11-18-14-29(15-19(18)12-20)13-17-6-7-22-23(10-17)33-16-32-22/h1-10,18-20H,11-16H2,(H,26,27)/t18-,19?,20+/m1/s1. The third kappa shape index (κ3) is 4.10. The number of hydrogen-bond acceptors (Lipinski definition) is 8. The van der Waals surface area contributed by atoms with Gasteiger partial charge in [-0.25, -0.2) is 8.42 Å². The van der Waals surface area contributed by atoms with Crippen LogP contribution in [0.25, 0.3) is 0 Å². The van der Waals surface area contributed by atoms with Gasteiger partial charge in [-0.05, 0) is 66.6 Å². The average molecular weight is 479 g/mol. The lowest BCUT2D eigenvalue weighted by Gasteiger charge is -2.20. The molecule has 6 rings (SSSR count). The molecule has 1 N–H and O–H groups in total. The van der Waals surface area contributed by atoms with Crippen LogP contribution >= 0.6 is 0 Å². The summed E-state index contributed by atoms with van der Waals surface area (Å²) in [6.45, 7) is 3.38. The van der Waals surface area contributed by atoms with E-state index in [1.54, 1.807) is 36.4 Å². The fraction of sp³-hybridized carbons (Fsp3) is 0.360. The van der Waals surface area contributed by atoms with E-state index in [1.165, 1.54) is 11.6 Å². The van der Waals surface area contributed by atoms with Crippen molar-refractivity contribution in [1.82, 2.24) is 15.1 Å². The molecule has 8 nitrogen and oxygen atoms in total. The van der Waals surface area contributed by atoms with Crippen molar-refractivity contribution in [1.29, 1.82) is 0 Å². The van der Waals surface area contributed by atoms with Crippen molar-refractivity contribution in [3.63, 3.8) is 0 Å². The van der Waals surface area contributed by atoms with Crippen molar-refractivity contribution < 1.29 is 17.9 Å². The third-order valence-corrected chi connectivity index (χ3v) is 8.65. The zero-order valence-electron chi connectivity index (χ0n) is 18.6. The van der Waals surface area contributed by atoms with Crippen LogP contribution in [0.15, 0.2) is 70.6 Å².